The van der Waals surface area contributed by atoms with Crippen molar-refractivity contribution in [3.63, 3.8) is 0 Å². The Labute approximate surface area is 162 Å². The van der Waals surface area contributed by atoms with Gasteiger partial charge in [-0.3, -0.25) is 9.59 Å². The van der Waals surface area contributed by atoms with Gasteiger partial charge in [0.25, 0.3) is 5.91 Å². The largest absolute Gasteiger partial charge is 0.506 e. The Morgan fingerprint density at radius 3 is 2.43 bits per heavy atom. The molecule has 2 N–H and O–H groups in total. The summed E-state index contributed by atoms with van der Waals surface area (Å²) in [5, 5.41) is 12.5. The SMILES string of the molecule is C[C@H](Oc1ccc(F)cc1)C(=O)N1CCC(C(=O)Nc2ccccc2O)CC1. The van der Waals surface area contributed by atoms with Gasteiger partial charge in [-0.1, -0.05) is 12.1 Å². The van der Waals surface area contributed by atoms with Crippen molar-refractivity contribution in [2.45, 2.75) is 25.9 Å². The lowest BCUT2D eigenvalue weighted by Crippen LogP contribution is -2.46. The Morgan fingerprint density at radius 2 is 1.79 bits per heavy atom. The summed E-state index contributed by atoms with van der Waals surface area (Å²) in [6, 6.07) is 12.1. The molecule has 0 saturated carbocycles. The molecule has 2 aromatic rings. The average molecular weight is 386 g/mol. The second kappa shape index (κ2) is 8.73. The quantitative estimate of drug-likeness (QED) is 0.774. The van der Waals surface area contributed by atoms with Crippen LogP contribution in [0.15, 0.2) is 48.5 Å². The van der Waals surface area contributed by atoms with Gasteiger partial charge in [-0.05, 0) is 56.2 Å². The van der Waals surface area contributed by atoms with Crippen LogP contribution in [0.3, 0.4) is 0 Å². The smallest absolute Gasteiger partial charge is 0.263 e. The molecule has 1 atom stereocenters. The number of hydrogen-bond acceptors (Lipinski definition) is 4. The van der Waals surface area contributed by atoms with Gasteiger partial charge in [-0.2, -0.15) is 0 Å². The van der Waals surface area contributed by atoms with Crippen LogP contribution in [0.2, 0.25) is 0 Å². The first-order valence-corrected chi connectivity index (χ1v) is 9.24. The number of hydrogen-bond donors (Lipinski definition) is 2. The van der Waals surface area contributed by atoms with Crippen molar-refractivity contribution in [2.24, 2.45) is 5.92 Å². The number of nitrogens with zero attached hydrogens (tertiary/aromatic N) is 1. The summed E-state index contributed by atoms with van der Waals surface area (Å²) in [5.41, 5.74) is 0.382. The standard InChI is InChI=1S/C21H23FN2O4/c1-14(28-17-8-6-16(22)7-9-17)21(27)24-12-10-15(11-13-24)20(26)23-18-4-2-3-5-19(18)25/h2-9,14-15,25H,10-13H2,1H3,(H,23,26)/t14-/m0/s1. The molecule has 7 heteroatoms. The summed E-state index contributed by atoms with van der Waals surface area (Å²) in [7, 11) is 0. The summed E-state index contributed by atoms with van der Waals surface area (Å²) in [6.45, 7) is 2.56. The van der Waals surface area contributed by atoms with E-state index in [4.69, 9.17) is 4.74 Å². The predicted molar refractivity (Wildman–Crippen MR) is 103 cm³/mol. The monoisotopic (exact) mass is 386 g/mol. The molecule has 0 bridgehead atoms. The lowest BCUT2D eigenvalue weighted by Gasteiger charge is -2.33. The molecule has 3 rings (SSSR count). The third-order valence-corrected chi connectivity index (χ3v) is 4.81. The first-order valence-electron chi connectivity index (χ1n) is 9.24. The van der Waals surface area contributed by atoms with Crippen LogP contribution in [0.5, 0.6) is 11.5 Å². The van der Waals surface area contributed by atoms with E-state index in [0.29, 0.717) is 37.4 Å². The van der Waals surface area contributed by atoms with E-state index in [9.17, 15) is 19.1 Å². The van der Waals surface area contributed by atoms with Gasteiger partial charge in [0.1, 0.15) is 17.3 Å². The lowest BCUT2D eigenvalue weighted by molar-refractivity contribution is -0.140. The fourth-order valence-corrected chi connectivity index (χ4v) is 3.20. The van der Waals surface area contributed by atoms with Crippen LogP contribution in [0.25, 0.3) is 0 Å². The van der Waals surface area contributed by atoms with E-state index in [1.54, 1.807) is 30.0 Å². The molecule has 0 aromatic heterocycles. The van der Waals surface area contributed by atoms with Gasteiger partial charge in [-0.15, -0.1) is 0 Å². The highest BCUT2D eigenvalue weighted by Gasteiger charge is 2.30. The van der Waals surface area contributed by atoms with Crippen molar-refractivity contribution in [1.29, 1.82) is 0 Å². The number of anilines is 1. The van der Waals surface area contributed by atoms with Crippen molar-refractivity contribution < 1.29 is 23.8 Å². The van der Waals surface area contributed by atoms with E-state index in [2.05, 4.69) is 5.32 Å². The number of nitrogens with one attached hydrogen (secondary N) is 1. The molecule has 0 aliphatic carbocycles. The maximum absolute atomic E-state index is 13.0. The molecular weight excluding hydrogens is 363 g/mol. The molecule has 1 aliphatic rings. The second-order valence-corrected chi connectivity index (χ2v) is 6.82. The number of rotatable bonds is 5. The van der Waals surface area contributed by atoms with E-state index < -0.39 is 6.10 Å². The lowest BCUT2D eigenvalue weighted by atomic mass is 9.95. The van der Waals surface area contributed by atoms with E-state index in [-0.39, 0.29) is 29.3 Å². The minimum Gasteiger partial charge on any atom is -0.506 e. The van der Waals surface area contributed by atoms with Crippen LogP contribution in [0, 0.1) is 11.7 Å². The second-order valence-electron chi connectivity index (χ2n) is 6.82. The van der Waals surface area contributed by atoms with Gasteiger partial charge < -0.3 is 20.1 Å². The zero-order valence-corrected chi connectivity index (χ0v) is 15.6. The highest BCUT2D eigenvalue weighted by molar-refractivity contribution is 5.94. The van der Waals surface area contributed by atoms with Crippen molar-refractivity contribution in [1.82, 2.24) is 4.90 Å². The molecular formula is C21H23FN2O4. The minimum absolute atomic E-state index is 0.0234. The van der Waals surface area contributed by atoms with Crippen LogP contribution in [0.1, 0.15) is 19.8 Å². The number of carbonyl (C=O) groups is 2. The summed E-state index contributed by atoms with van der Waals surface area (Å²) < 4.78 is 18.5. The molecule has 0 radical (unpaired) electrons. The molecule has 1 aliphatic heterocycles. The number of benzene rings is 2. The number of aromatic hydroxyl groups is 1. The third-order valence-electron chi connectivity index (χ3n) is 4.81. The Kier molecular flexibility index (Phi) is 6.13. The van der Waals surface area contributed by atoms with Crippen LogP contribution in [-0.2, 0) is 9.59 Å². The molecule has 148 valence electrons. The minimum atomic E-state index is -0.697. The Bertz CT molecular complexity index is 833. The van der Waals surface area contributed by atoms with Crippen LogP contribution in [-0.4, -0.2) is 41.0 Å². The number of carbonyl (C=O) groups excluding carboxylic acids is 2. The fourth-order valence-electron chi connectivity index (χ4n) is 3.20. The molecule has 1 heterocycles. The molecule has 0 spiro atoms. The molecule has 1 saturated heterocycles. The normalized spacial score (nSPS) is 15.7. The van der Waals surface area contributed by atoms with Gasteiger partial charge >= 0.3 is 0 Å². The van der Waals surface area contributed by atoms with E-state index in [0.717, 1.165) is 0 Å². The van der Waals surface area contributed by atoms with Gasteiger partial charge in [0.2, 0.25) is 5.91 Å². The molecule has 6 nitrogen and oxygen atoms in total. The van der Waals surface area contributed by atoms with Gasteiger partial charge in [-0.25, -0.2) is 4.39 Å². The Morgan fingerprint density at radius 1 is 1.14 bits per heavy atom. The maximum atomic E-state index is 13.0. The number of likely N-dealkylation sites (tertiary alicyclic amines) is 1. The number of ether oxygens (including phenoxy) is 1. The third kappa shape index (κ3) is 4.79. The molecule has 2 amide bonds. The van der Waals surface area contributed by atoms with Crippen LogP contribution in [0.4, 0.5) is 10.1 Å². The van der Waals surface area contributed by atoms with Crippen molar-refractivity contribution in [3.05, 3.63) is 54.3 Å². The van der Waals surface area contributed by atoms with Crippen molar-refractivity contribution in [2.75, 3.05) is 18.4 Å². The fraction of sp³-hybridized carbons (Fsp3) is 0.333. The van der Waals surface area contributed by atoms with Crippen molar-refractivity contribution >= 4 is 17.5 Å². The zero-order chi connectivity index (χ0) is 20.1. The highest BCUT2D eigenvalue weighted by atomic mass is 19.1. The average Bonchev–Trinajstić information content (AvgIpc) is 2.71. The van der Waals surface area contributed by atoms with E-state index in [1.165, 1.54) is 30.3 Å². The van der Waals surface area contributed by atoms with Gasteiger partial charge in [0.15, 0.2) is 6.10 Å². The van der Waals surface area contributed by atoms with Gasteiger partial charge in [0.05, 0.1) is 5.69 Å². The Balaban J connectivity index is 1.50. The number of phenols is 1. The Hall–Kier alpha value is -3.09. The van der Waals surface area contributed by atoms with Crippen molar-refractivity contribution in [3.8, 4) is 11.5 Å². The topological polar surface area (TPSA) is 78.9 Å². The number of para-hydroxylation sites is 2. The van der Waals surface area contributed by atoms with E-state index >= 15 is 0 Å². The molecule has 2 aromatic carbocycles. The molecule has 28 heavy (non-hydrogen) atoms. The van der Waals surface area contributed by atoms with Crippen LogP contribution < -0.4 is 10.1 Å². The summed E-state index contributed by atoms with van der Waals surface area (Å²) >= 11 is 0. The molecule has 1 fully saturated rings. The number of amides is 2. The maximum Gasteiger partial charge on any atom is 0.263 e. The highest BCUT2D eigenvalue weighted by Crippen LogP contribution is 2.25. The molecule has 0 unspecified atom stereocenters. The van der Waals surface area contributed by atoms with Gasteiger partial charge in [0, 0.05) is 19.0 Å². The summed E-state index contributed by atoms with van der Waals surface area (Å²) in [6.07, 6.45) is 0.375. The first kappa shape index (κ1) is 19.7. The number of phenolic OH excluding ortho intramolecular Hbond substituents is 1. The summed E-state index contributed by atoms with van der Waals surface area (Å²) in [4.78, 5) is 26.7. The van der Waals surface area contributed by atoms with E-state index in [1.807, 2.05) is 0 Å². The first-order chi connectivity index (χ1) is 13.4. The summed E-state index contributed by atoms with van der Waals surface area (Å²) in [5.74, 6) is -0.463. The van der Waals surface area contributed by atoms with Crippen LogP contribution >= 0.6 is 0 Å². The zero-order valence-electron chi connectivity index (χ0n) is 15.6. The predicted octanol–water partition coefficient (Wildman–Crippen LogP) is 3.18. The number of halogens is 1. The number of piperidine rings is 1.